The molecule has 0 saturated heterocycles. The van der Waals surface area contributed by atoms with Crippen LogP contribution < -0.4 is 20.1 Å². The van der Waals surface area contributed by atoms with Gasteiger partial charge in [-0.05, 0) is 41.7 Å². The van der Waals surface area contributed by atoms with E-state index in [4.69, 9.17) is 14.2 Å². The van der Waals surface area contributed by atoms with Gasteiger partial charge in [0.15, 0.2) is 17.5 Å². The van der Waals surface area contributed by atoms with E-state index < -0.39 is 0 Å². The molecule has 0 atom stereocenters. The molecule has 1 aliphatic heterocycles. The number of fused-ring (bicyclic) bond motifs is 1. The van der Waals surface area contributed by atoms with Crippen molar-refractivity contribution in [3.05, 3.63) is 59.2 Å². The van der Waals surface area contributed by atoms with Gasteiger partial charge in [-0.2, -0.15) is 0 Å². The minimum absolute atomic E-state index is 0.304. The molecule has 6 nitrogen and oxygen atoms in total. The van der Waals surface area contributed by atoms with Crippen molar-refractivity contribution >= 4 is 5.96 Å². The van der Waals surface area contributed by atoms with Gasteiger partial charge in [-0.3, -0.25) is 4.99 Å². The van der Waals surface area contributed by atoms with Crippen LogP contribution in [-0.4, -0.2) is 33.0 Å². The van der Waals surface area contributed by atoms with Gasteiger partial charge in [-0.15, -0.1) is 0 Å². The van der Waals surface area contributed by atoms with Gasteiger partial charge in [-0.1, -0.05) is 37.3 Å². The molecule has 0 aromatic heterocycles. The second kappa shape index (κ2) is 10.6. The Morgan fingerprint density at radius 2 is 1.89 bits per heavy atom. The molecule has 1 heterocycles. The van der Waals surface area contributed by atoms with Crippen molar-refractivity contribution < 1.29 is 14.2 Å². The fourth-order valence-corrected chi connectivity index (χ4v) is 3.02. The smallest absolute Gasteiger partial charge is 0.231 e. The molecule has 0 amide bonds. The Balaban J connectivity index is 1.46. The van der Waals surface area contributed by atoms with Gasteiger partial charge in [-0.25, -0.2) is 0 Å². The highest BCUT2D eigenvalue weighted by molar-refractivity contribution is 5.79. The van der Waals surface area contributed by atoms with Crippen LogP contribution in [0.5, 0.6) is 11.5 Å². The van der Waals surface area contributed by atoms with Gasteiger partial charge in [0, 0.05) is 26.7 Å². The molecule has 0 spiro atoms. The quantitative estimate of drug-likeness (QED) is 0.395. The zero-order valence-electron chi connectivity index (χ0n) is 16.7. The maximum Gasteiger partial charge on any atom is 0.231 e. The molecule has 0 saturated carbocycles. The minimum Gasteiger partial charge on any atom is -0.454 e. The summed E-state index contributed by atoms with van der Waals surface area (Å²) in [5, 5.41) is 6.75. The van der Waals surface area contributed by atoms with E-state index in [1.165, 1.54) is 16.7 Å². The molecule has 0 bridgehead atoms. The average Bonchev–Trinajstić information content (AvgIpc) is 3.19. The number of nitrogens with one attached hydrogen (secondary N) is 2. The Kier molecular flexibility index (Phi) is 7.55. The Labute approximate surface area is 166 Å². The summed E-state index contributed by atoms with van der Waals surface area (Å²) in [7, 11) is 1.78. The second-order valence-electron chi connectivity index (χ2n) is 6.61. The highest BCUT2D eigenvalue weighted by Gasteiger charge is 2.13. The minimum atomic E-state index is 0.304. The van der Waals surface area contributed by atoms with E-state index >= 15 is 0 Å². The topological polar surface area (TPSA) is 64.1 Å². The van der Waals surface area contributed by atoms with Gasteiger partial charge < -0.3 is 24.8 Å². The molecule has 0 aliphatic carbocycles. The molecule has 2 aromatic rings. The highest BCUT2D eigenvalue weighted by Crippen LogP contribution is 2.32. The lowest BCUT2D eigenvalue weighted by atomic mass is 10.1. The summed E-state index contributed by atoms with van der Waals surface area (Å²) >= 11 is 0. The van der Waals surface area contributed by atoms with Gasteiger partial charge in [0.2, 0.25) is 6.79 Å². The first-order valence-electron chi connectivity index (χ1n) is 9.77. The second-order valence-corrected chi connectivity index (χ2v) is 6.61. The predicted molar refractivity (Wildman–Crippen MR) is 111 cm³/mol. The summed E-state index contributed by atoms with van der Waals surface area (Å²) in [5.74, 6) is 2.42. The van der Waals surface area contributed by atoms with Crippen molar-refractivity contribution in [1.29, 1.82) is 0 Å². The molecular weight excluding hydrogens is 354 g/mol. The third kappa shape index (κ3) is 5.63. The summed E-state index contributed by atoms with van der Waals surface area (Å²) < 4.78 is 16.5. The van der Waals surface area contributed by atoms with Crippen molar-refractivity contribution in [3.8, 4) is 11.5 Å². The van der Waals surface area contributed by atoms with E-state index in [1.807, 2.05) is 18.2 Å². The van der Waals surface area contributed by atoms with Gasteiger partial charge in [0.05, 0.1) is 6.61 Å². The van der Waals surface area contributed by atoms with Crippen LogP contribution in [-0.2, 0) is 24.3 Å². The summed E-state index contributed by atoms with van der Waals surface area (Å²) in [6.07, 6.45) is 1.90. The number of benzene rings is 2. The Morgan fingerprint density at radius 3 is 2.71 bits per heavy atom. The molecule has 0 unspecified atom stereocenters. The number of rotatable bonds is 9. The van der Waals surface area contributed by atoms with Crippen LogP contribution >= 0.6 is 0 Å². The number of guanidine groups is 1. The molecule has 3 rings (SSSR count). The summed E-state index contributed by atoms with van der Waals surface area (Å²) in [6.45, 7) is 5.33. The van der Waals surface area contributed by atoms with Crippen molar-refractivity contribution in [2.24, 2.45) is 4.99 Å². The van der Waals surface area contributed by atoms with Crippen LogP contribution in [0.4, 0.5) is 0 Å². The van der Waals surface area contributed by atoms with Crippen LogP contribution in [0.2, 0.25) is 0 Å². The Morgan fingerprint density at radius 1 is 1.07 bits per heavy atom. The number of hydrogen-bond acceptors (Lipinski definition) is 4. The average molecular weight is 383 g/mol. The normalized spacial score (nSPS) is 12.9. The molecule has 1 aliphatic rings. The molecule has 0 radical (unpaired) electrons. The standard InChI is InChI=1S/C22H29N3O3/c1-3-12-26-15-19-7-5-4-6-18(19)14-25-22(23-2)24-11-10-17-8-9-20-21(13-17)28-16-27-20/h4-9,13H,3,10-12,14-16H2,1-2H3,(H2,23,24,25). The lowest BCUT2D eigenvalue weighted by Crippen LogP contribution is -2.38. The Bertz CT molecular complexity index is 792. The third-order valence-corrected chi connectivity index (χ3v) is 4.54. The first-order valence-corrected chi connectivity index (χ1v) is 9.77. The van der Waals surface area contributed by atoms with Gasteiger partial charge in [0.1, 0.15) is 0 Å². The zero-order valence-corrected chi connectivity index (χ0v) is 16.7. The maximum absolute atomic E-state index is 5.70. The van der Waals surface area contributed by atoms with Gasteiger partial charge >= 0.3 is 0 Å². The van der Waals surface area contributed by atoms with Crippen LogP contribution in [0.1, 0.15) is 30.0 Å². The van der Waals surface area contributed by atoms with E-state index in [-0.39, 0.29) is 0 Å². The summed E-state index contributed by atoms with van der Waals surface area (Å²) in [5.41, 5.74) is 3.63. The molecule has 2 aromatic carbocycles. The van der Waals surface area contributed by atoms with E-state index in [2.05, 4.69) is 46.8 Å². The lowest BCUT2D eigenvalue weighted by molar-refractivity contribution is 0.121. The van der Waals surface area contributed by atoms with Crippen LogP contribution in [0.3, 0.4) is 0 Å². The molecular formula is C22H29N3O3. The SMILES string of the molecule is CCCOCc1ccccc1CNC(=NC)NCCc1ccc2c(c1)OCO2. The monoisotopic (exact) mass is 383 g/mol. The number of hydrogen-bond donors (Lipinski definition) is 2. The molecule has 28 heavy (non-hydrogen) atoms. The largest absolute Gasteiger partial charge is 0.454 e. The summed E-state index contributed by atoms with van der Waals surface area (Å²) in [6, 6.07) is 14.4. The highest BCUT2D eigenvalue weighted by atomic mass is 16.7. The number of ether oxygens (including phenoxy) is 3. The van der Waals surface area contributed by atoms with Crippen molar-refractivity contribution in [3.63, 3.8) is 0 Å². The van der Waals surface area contributed by atoms with E-state index in [0.717, 1.165) is 43.5 Å². The van der Waals surface area contributed by atoms with Gasteiger partial charge in [0.25, 0.3) is 0 Å². The van der Waals surface area contributed by atoms with Crippen molar-refractivity contribution in [1.82, 2.24) is 10.6 Å². The first-order chi connectivity index (χ1) is 13.8. The lowest BCUT2D eigenvalue weighted by Gasteiger charge is -2.14. The van der Waals surface area contributed by atoms with Crippen molar-refractivity contribution in [2.45, 2.75) is 32.9 Å². The van der Waals surface area contributed by atoms with Crippen molar-refractivity contribution in [2.75, 3.05) is 27.0 Å². The fraction of sp³-hybridized carbons (Fsp3) is 0.409. The maximum atomic E-state index is 5.70. The summed E-state index contributed by atoms with van der Waals surface area (Å²) in [4.78, 5) is 4.32. The third-order valence-electron chi connectivity index (χ3n) is 4.54. The van der Waals surface area contributed by atoms with E-state index in [0.29, 0.717) is 19.9 Å². The zero-order chi connectivity index (χ0) is 19.6. The predicted octanol–water partition coefficient (Wildman–Crippen LogP) is 3.25. The molecule has 150 valence electrons. The molecule has 6 heteroatoms. The Hall–Kier alpha value is -2.73. The molecule has 0 fully saturated rings. The fourth-order valence-electron chi connectivity index (χ4n) is 3.02. The number of aliphatic imine (C=N–C) groups is 1. The van der Waals surface area contributed by atoms with Crippen LogP contribution in [0, 0.1) is 0 Å². The molecule has 2 N–H and O–H groups in total. The first kappa shape index (κ1) is 20.0. The van der Waals surface area contributed by atoms with Crippen LogP contribution in [0.25, 0.3) is 0 Å². The van der Waals surface area contributed by atoms with E-state index in [1.54, 1.807) is 7.05 Å². The number of nitrogens with zero attached hydrogens (tertiary/aromatic N) is 1. The van der Waals surface area contributed by atoms with E-state index in [9.17, 15) is 0 Å². The van der Waals surface area contributed by atoms with Crippen LogP contribution in [0.15, 0.2) is 47.5 Å².